The highest BCUT2D eigenvalue weighted by atomic mass is 16.5. The summed E-state index contributed by atoms with van der Waals surface area (Å²) >= 11 is 0. The van der Waals surface area contributed by atoms with Gasteiger partial charge in [-0.3, -0.25) is 10.1 Å². The summed E-state index contributed by atoms with van der Waals surface area (Å²) in [6, 6.07) is 13.2. The third-order valence-electron chi connectivity index (χ3n) is 4.08. The van der Waals surface area contributed by atoms with Crippen LogP contribution in [0.1, 0.15) is 22.7 Å². The number of benzene rings is 1. The Hall–Kier alpha value is -3.81. The van der Waals surface area contributed by atoms with Crippen LogP contribution in [0.3, 0.4) is 0 Å². The lowest BCUT2D eigenvalue weighted by molar-refractivity contribution is 0.0499. The first kappa shape index (κ1) is 17.6. The van der Waals surface area contributed by atoms with Crippen LogP contribution in [0.2, 0.25) is 0 Å². The van der Waals surface area contributed by atoms with Crippen molar-refractivity contribution in [2.75, 3.05) is 6.61 Å². The molecule has 3 heterocycles. The average Bonchev–Trinajstić information content (AvgIpc) is 3.42. The van der Waals surface area contributed by atoms with Crippen molar-refractivity contribution in [3.63, 3.8) is 0 Å². The number of pyridine rings is 1. The van der Waals surface area contributed by atoms with E-state index in [4.69, 9.17) is 9.26 Å². The molecule has 0 saturated heterocycles. The molecule has 1 aromatic carbocycles. The van der Waals surface area contributed by atoms with Gasteiger partial charge in [-0.15, -0.1) is 0 Å². The van der Waals surface area contributed by atoms with E-state index >= 15 is 0 Å². The van der Waals surface area contributed by atoms with Gasteiger partial charge in [-0.05, 0) is 18.6 Å². The van der Waals surface area contributed by atoms with Gasteiger partial charge < -0.3 is 9.26 Å². The molecule has 0 amide bonds. The van der Waals surface area contributed by atoms with E-state index in [2.05, 4.69) is 25.3 Å². The average molecular weight is 375 g/mol. The number of ether oxygens (including phenoxy) is 1. The van der Waals surface area contributed by atoms with Crippen molar-refractivity contribution in [1.82, 2.24) is 25.3 Å². The van der Waals surface area contributed by atoms with Crippen LogP contribution in [-0.4, -0.2) is 37.9 Å². The predicted octanol–water partition coefficient (Wildman–Crippen LogP) is 3.31. The molecule has 0 bridgehead atoms. The first-order chi connectivity index (χ1) is 13.8. The number of carbonyl (C=O) groups excluding carboxylic acids is 1. The Morgan fingerprint density at radius 2 is 1.93 bits per heavy atom. The molecule has 140 valence electrons. The van der Waals surface area contributed by atoms with E-state index in [1.54, 1.807) is 12.4 Å². The number of carbonyl (C=O) groups is 1. The summed E-state index contributed by atoms with van der Waals surface area (Å²) in [5.41, 5.74) is 2.71. The lowest BCUT2D eigenvalue weighted by Gasteiger charge is -2.04. The second-order valence-electron chi connectivity index (χ2n) is 6.02. The van der Waals surface area contributed by atoms with Crippen LogP contribution in [0, 0.1) is 0 Å². The SMILES string of the molecule is O=C(OCCCc1nc(-c2cccnc2)no1)c1cn[nH]c1-c1ccccc1. The molecular weight excluding hydrogens is 358 g/mol. The number of nitrogens with zero attached hydrogens (tertiary/aromatic N) is 4. The Morgan fingerprint density at radius 1 is 1.07 bits per heavy atom. The first-order valence-corrected chi connectivity index (χ1v) is 8.80. The third-order valence-corrected chi connectivity index (χ3v) is 4.08. The molecule has 4 aromatic rings. The maximum Gasteiger partial charge on any atom is 0.341 e. The molecular formula is C20H17N5O3. The molecule has 0 aliphatic rings. The van der Waals surface area contributed by atoms with Crippen LogP contribution >= 0.6 is 0 Å². The molecule has 28 heavy (non-hydrogen) atoms. The Labute approximate surface area is 160 Å². The third kappa shape index (κ3) is 3.96. The van der Waals surface area contributed by atoms with Crippen molar-refractivity contribution in [3.05, 3.63) is 72.5 Å². The molecule has 4 rings (SSSR count). The molecule has 0 aliphatic carbocycles. The fourth-order valence-corrected chi connectivity index (χ4v) is 2.70. The van der Waals surface area contributed by atoms with Gasteiger partial charge in [-0.1, -0.05) is 35.5 Å². The highest BCUT2D eigenvalue weighted by molar-refractivity contribution is 5.95. The molecule has 3 aromatic heterocycles. The zero-order valence-electron chi connectivity index (χ0n) is 14.9. The summed E-state index contributed by atoms with van der Waals surface area (Å²) < 4.78 is 10.6. The highest BCUT2D eigenvalue weighted by Gasteiger charge is 2.16. The van der Waals surface area contributed by atoms with E-state index < -0.39 is 5.97 Å². The van der Waals surface area contributed by atoms with Gasteiger partial charge in [0.1, 0.15) is 5.56 Å². The second kappa shape index (κ2) is 8.26. The molecule has 8 nitrogen and oxygen atoms in total. The minimum Gasteiger partial charge on any atom is -0.462 e. The number of hydrogen-bond acceptors (Lipinski definition) is 7. The largest absolute Gasteiger partial charge is 0.462 e. The number of H-pyrrole nitrogens is 1. The van der Waals surface area contributed by atoms with Crippen molar-refractivity contribution in [2.24, 2.45) is 0 Å². The highest BCUT2D eigenvalue weighted by Crippen LogP contribution is 2.21. The number of hydrogen-bond donors (Lipinski definition) is 1. The van der Waals surface area contributed by atoms with Crippen LogP contribution in [0.15, 0.2) is 65.6 Å². The van der Waals surface area contributed by atoms with Gasteiger partial charge in [0.2, 0.25) is 11.7 Å². The van der Waals surface area contributed by atoms with E-state index in [1.807, 2.05) is 42.5 Å². The van der Waals surface area contributed by atoms with Gasteiger partial charge in [0.15, 0.2) is 0 Å². The van der Waals surface area contributed by atoms with E-state index in [-0.39, 0.29) is 6.61 Å². The van der Waals surface area contributed by atoms with Crippen molar-refractivity contribution in [2.45, 2.75) is 12.8 Å². The Bertz CT molecular complexity index is 1040. The molecule has 0 spiro atoms. The maximum absolute atomic E-state index is 12.4. The van der Waals surface area contributed by atoms with Crippen molar-refractivity contribution in [3.8, 4) is 22.6 Å². The summed E-state index contributed by atoms with van der Waals surface area (Å²) in [7, 11) is 0. The summed E-state index contributed by atoms with van der Waals surface area (Å²) in [6.45, 7) is 0.239. The maximum atomic E-state index is 12.4. The Kier molecular flexibility index (Phi) is 5.19. The van der Waals surface area contributed by atoms with Gasteiger partial charge >= 0.3 is 5.97 Å². The summed E-state index contributed by atoms with van der Waals surface area (Å²) in [5, 5.41) is 10.8. The minimum atomic E-state index is -0.422. The van der Waals surface area contributed by atoms with Gasteiger partial charge in [0.25, 0.3) is 0 Å². The summed E-state index contributed by atoms with van der Waals surface area (Å²) in [6.07, 6.45) is 5.91. The Morgan fingerprint density at radius 3 is 2.75 bits per heavy atom. The summed E-state index contributed by atoms with van der Waals surface area (Å²) in [4.78, 5) is 20.7. The number of aromatic amines is 1. The zero-order chi connectivity index (χ0) is 19.2. The van der Waals surface area contributed by atoms with Crippen LogP contribution in [0.4, 0.5) is 0 Å². The fraction of sp³-hybridized carbons (Fsp3) is 0.150. The van der Waals surface area contributed by atoms with Gasteiger partial charge in [0, 0.05) is 29.9 Å². The van der Waals surface area contributed by atoms with E-state index in [1.165, 1.54) is 6.20 Å². The van der Waals surface area contributed by atoms with Crippen LogP contribution in [-0.2, 0) is 11.2 Å². The topological polar surface area (TPSA) is 107 Å². The van der Waals surface area contributed by atoms with Gasteiger partial charge in [-0.25, -0.2) is 4.79 Å². The molecule has 0 radical (unpaired) electrons. The number of aromatic nitrogens is 5. The standard InChI is InChI=1S/C20H17N5O3/c26-20(16-13-22-24-18(16)14-6-2-1-3-7-14)27-11-5-9-17-23-19(25-28-17)15-8-4-10-21-12-15/h1-4,6-8,10,12-13H,5,9,11H2,(H,22,24). The van der Waals surface area contributed by atoms with Crippen molar-refractivity contribution < 1.29 is 14.1 Å². The molecule has 0 aliphatic heterocycles. The van der Waals surface area contributed by atoms with Crippen LogP contribution in [0.25, 0.3) is 22.6 Å². The van der Waals surface area contributed by atoms with Gasteiger partial charge in [-0.2, -0.15) is 10.1 Å². The van der Waals surface area contributed by atoms with E-state index in [0.29, 0.717) is 35.8 Å². The monoisotopic (exact) mass is 375 g/mol. The number of nitrogens with one attached hydrogen (secondary N) is 1. The smallest absolute Gasteiger partial charge is 0.341 e. The Balaban J connectivity index is 1.30. The van der Waals surface area contributed by atoms with Gasteiger partial charge in [0.05, 0.1) is 18.5 Å². The lowest BCUT2D eigenvalue weighted by Crippen LogP contribution is -2.07. The first-order valence-electron chi connectivity index (χ1n) is 8.80. The minimum absolute atomic E-state index is 0.239. The van der Waals surface area contributed by atoms with Crippen LogP contribution < -0.4 is 0 Å². The van der Waals surface area contributed by atoms with Crippen LogP contribution in [0.5, 0.6) is 0 Å². The lowest BCUT2D eigenvalue weighted by atomic mass is 10.1. The molecule has 8 heteroatoms. The van der Waals surface area contributed by atoms with Crippen molar-refractivity contribution in [1.29, 1.82) is 0 Å². The van der Waals surface area contributed by atoms with Crippen molar-refractivity contribution >= 4 is 5.97 Å². The molecule has 0 atom stereocenters. The summed E-state index contributed by atoms with van der Waals surface area (Å²) in [5.74, 6) is 0.559. The zero-order valence-corrected chi connectivity index (χ0v) is 14.9. The quantitative estimate of drug-likeness (QED) is 0.390. The number of esters is 1. The molecule has 0 fully saturated rings. The molecule has 0 saturated carbocycles. The number of rotatable bonds is 7. The molecule has 0 unspecified atom stereocenters. The predicted molar refractivity (Wildman–Crippen MR) is 100 cm³/mol. The number of aryl methyl sites for hydroxylation is 1. The normalized spacial score (nSPS) is 10.7. The van der Waals surface area contributed by atoms with E-state index in [9.17, 15) is 4.79 Å². The fourth-order valence-electron chi connectivity index (χ4n) is 2.70. The van der Waals surface area contributed by atoms with E-state index in [0.717, 1.165) is 11.1 Å². The molecule has 1 N–H and O–H groups in total. The second-order valence-corrected chi connectivity index (χ2v) is 6.02.